The van der Waals surface area contributed by atoms with Crippen molar-refractivity contribution in [2.75, 3.05) is 0 Å². The molecule has 0 radical (unpaired) electrons. The predicted octanol–water partition coefficient (Wildman–Crippen LogP) is 8.63. The Labute approximate surface area is 239 Å². The smallest absolute Gasteiger partial charge is 0.129 e. The zero-order valence-electron chi connectivity index (χ0n) is 25.5. The van der Waals surface area contributed by atoms with E-state index in [1.165, 1.54) is 0 Å². The van der Waals surface area contributed by atoms with Gasteiger partial charge in [-0.25, -0.2) is 0 Å². The third kappa shape index (κ3) is 9.43. The number of rotatable bonds is 5. The number of aliphatic imine (C=N–C) groups is 1. The predicted molar refractivity (Wildman–Crippen MR) is 178 cm³/mol. The van der Waals surface area contributed by atoms with Crippen LogP contribution in [-0.4, -0.2) is 34.1 Å². The van der Waals surface area contributed by atoms with Gasteiger partial charge in [0, 0.05) is 28.8 Å². The first-order chi connectivity index (χ1) is 18.2. The molecule has 39 heavy (non-hydrogen) atoms. The second-order valence-corrected chi connectivity index (χ2v) is 22.3. The molecule has 0 atom stereocenters. The Bertz CT molecular complexity index is 1330. The van der Waals surface area contributed by atoms with Crippen LogP contribution in [0.25, 0.3) is 22.3 Å². The molecular formula is C35H44N2Si2. The zero-order chi connectivity index (χ0) is 28.8. The number of benzene rings is 3. The summed E-state index contributed by atoms with van der Waals surface area (Å²) in [5.74, 6) is 7.69. The highest BCUT2D eigenvalue weighted by atomic mass is 28.3. The van der Waals surface area contributed by atoms with Gasteiger partial charge in [-0.3, -0.25) is 4.99 Å². The molecule has 3 aromatic rings. The maximum atomic E-state index is 5.08. The SMILES string of the molecule is CC(C)N=C(NC(C)C)c1c(-c2ccc(C#C[Si](C)(C)C)cc2)cccc1-c1ccc(C#C[Si](C)(C)C)cc1. The van der Waals surface area contributed by atoms with E-state index >= 15 is 0 Å². The molecule has 0 amide bonds. The summed E-state index contributed by atoms with van der Waals surface area (Å²) in [4.78, 5) is 5.08. The lowest BCUT2D eigenvalue weighted by Gasteiger charge is -2.21. The number of amidine groups is 1. The van der Waals surface area contributed by atoms with Gasteiger partial charge in [0.25, 0.3) is 0 Å². The molecule has 202 valence electrons. The second-order valence-electron chi connectivity index (χ2n) is 12.8. The molecule has 0 heterocycles. The minimum Gasteiger partial charge on any atom is -0.368 e. The first-order valence-corrected chi connectivity index (χ1v) is 21.0. The van der Waals surface area contributed by atoms with Crippen molar-refractivity contribution in [2.24, 2.45) is 4.99 Å². The first kappa shape index (κ1) is 30.2. The van der Waals surface area contributed by atoms with Gasteiger partial charge in [-0.05, 0) is 74.2 Å². The van der Waals surface area contributed by atoms with E-state index < -0.39 is 16.1 Å². The van der Waals surface area contributed by atoms with Crippen LogP contribution in [0.1, 0.15) is 44.4 Å². The van der Waals surface area contributed by atoms with E-state index in [9.17, 15) is 0 Å². The van der Waals surface area contributed by atoms with Gasteiger partial charge in [0.1, 0.15) is 22.0 Å². The average molecular weight is 549 g/mol. The lowest BCUT2D eigenvalue weighted by Crippen LogP contribution is -2.32. The number of nitrogens with zero attached hydrogens (tertiary/aromatic N) is 1. The van der Waals surface area contributed by atoms with Crippen molar-refractivity contribution < 1.29 is 0 Å². The molecule has 0 saturated heterocycles. The Morgan fingerprint density at radius 2 is 1.05 bits per heavy atom. The van der Waals surface area contributed by atoms with Crippen molar-refractivity contribution in [3.63, 3.8) is 0 Å². The fourth-order valence-corrected chi connectivity index (χ4v) is 5.02. The van der Waals surface area contributed by atoms with E-state index in [1.807, 2.05) is 0 Å². The zero-order valence-corrected chi connectivity index (χ0v) is 27.5. The Hall–Kier alpha value is -3.32. The van der Waals surface area contributed by atoms with Gasteiger partial charge in [0.15, 0.2) is 0 Å². The van der Waals surface area contributed by atoms with E-state index in [0.29, 0.717) is 0 Å². The van der Waals surface area contributed by atoms with Crippen LogP contribution in [0.4, 0.5) is 0 Å². The standard InChI is InChI=1S/C35H44N2Si2/c1-26(2)36-35(37-27(3)4)34-32(30-18-14-28(15-19-30)22-24-38(5,6)7)12-11-13-33(34)31-20-16-29(17-21-31)23-25-39(8,9)10/h11-21,26-27H,1-10H3,(H,36,37). The van der Waals surface area contributed by atoms with Crippen LogP contribution in [-0.2, 0) is 0 Å². The molecule has 4 heteroatoms. The van der Waals surface area contributed by atoms with Gasteiger partial charge < -0.3 is 5.32 Å². The van der Waals surface area contributed by atoms with Crippen LogP contribution in [0.2, 0.25) is 39.3 Å². The van der Waals surface area contributed by atoms with Crippen molar-refractivity contribution in [3.05, 3.63) is 83.4 Å². The fourth-order valence-electron chi connectivity index (χ4n) is 3.98. The van der Waals surface area contributed by atoms with Crippen LogP contribution >= 0.6 is 0 Å². The van der Waals surface area contributed by atoms with Crippen molar-refractivity contribution >= 4 is 22.0 Å². The molecule has 3 rings (SSSR count). The van der Waals surface area contributed by atoms with Gasteiger partial charge in [0.05, 0.1) is 0 Å². The second kappa shape index (κ2) is 12.7. The van der Waals surface area contributed by atoms with Crippen LogP contribution in [0.5, 0.6) is 0 Å². The van der Waals surface area contributed by atoms with Gasteiger partial charge in [-0.15, -0.1) is 11.1 Å². The molecule has 0 aliphatic rings. The quantitative estimate of drug-likeness (QED) is 0.147. The van der Waals surface area contributed by atoms with E-state index in [4.69, 9.17) is 4.99 Å². The first-order valence-electron chi connectivity index (χ1n) is 14.0. The highest BCUT2D eigenvalue weighted by molar-refractivity contribution is 6.84. The highest BCUT2D eigenvalue weighted by Crippen LogP contribution is 2.33. The molecule has 0 aliphatic carbocycles. The van der Waals surface area contributed by atoms with Gasteiger partial charge in [0.2, 0.25) is 0 Å². The number of nitrogens with one attached hydrogen (secondary N) is 1. The molecular weight excluding hydrogens is 505 g/mol. The van der Waals surface area contributed by atoms with Crippen molar-refractivity contribution in [2.45, 2.75) is 79.1 Å². The molecule has 1 N–H and O–H groups in total. The molecule has 0 fully saturated rings. The summed E-state index contributed by atoms with van der Waals surface area (Å²) in [6.07, 6.45) is 0. The minimum absolute atomic E-state index is 0.158. The molecule has 0 spiro atoms. The summed E-state index contributed by atoms with van der Waals surface area (Å²) in [6.45, 7) is 22.2. The van der Waals surface area contributed by atoms with Crippen LogP contribution in [0, 0.1) is 22.9 Å². The molecule has 0 bridgehead atoms. The summed E-state index contributed by atoms with van der Waals surface area (Å²) in [7, 11) is -2.86. The van der Waals surface area contributed by atoms with E-state index in [0.717, 1.165) is 44.8 Å². The van der Waals surface area contributed by atoms with Crippen molar-refractivity contribution in [1.29, 1.82) is 0 Å². The van der Waals surface area contributed by atoms with Crippen molar-refractivity contribution in [3.8, 4) is 45.2 Å². The van der Waals surface area contributed by atoms with E-state index in [2.05, 4.69) is 162 Å². The molecule has 0 saturated carbocycles. The Morgan fingerprint density at radius 3 is 1.38 bits per heavy atom. The fraction of sp³-hybridized carbons (Fsp3) is 0.343. The molecule has 0 aliphatic heterocycles. The number of hydrogen-bond acceptors (Lipinski definition) is 1. The normalized spacial score (nSPS) is 12.1. The summed E-state index contributed by atoms with van der Waals surface area (Å²) in [5.41, 5.74) is 14.8. The Kier molecular flexibility index (Phi) is 9.84. The van der Waals surface area contributed by atoms with Gasteiger partial charge in [-0.2, -0.15) is 0 Å². The molecule has 3 aromatic carbocycles. The largest absolute Gasteiger partial charge is 0.368 e. The van der Waals surface area contributed by atoms with Gasteiger partial charge >= 0.3 is 0 Å². The monoisotopic (exact) mass is 548 g/mol. The lowest BCUT2D eigenvalue weighted by molar-refractivity contribution is 0.720. The number of hydrogen-bond donors (Lipinski definition) is 1. The summed E-state index contributed by atoms with van der Waals surface area (Å²) >= 11 is 0. The maximum absolute atomic E-state index is 5.08. The molecule has 2 nitrogen and oxygen atoms in total. The van der Waals surface area contributed by atoms with Crippen LogP contribution in [0.15, 0.2) is 71.7 Å². The lowest BCUT2D eigenvalue weighted by atomic mass is 9.90. The molecule has 0 aromatic heterocycles. The Balaban J connectivity index is 2.19. The summed E-state index contributed by atoms with van der Waals surface area (Å²) in [5, 5.41) is 3.66. The summed E-state index contributed by atoms with van der Waals surface area (Å²) in [6, 6.07) is 24.3. The van der Waals surface area contributed by atoms with Crippen molar-refractivity contribution in [1.82, 2.24) is 5.32 Å². The average Bonchev–Trinajstić information content (AvgIpc) is 2.84. The minimum atomic E-state index is -1.43. The van der Waals surface area contributed by atoms with Crippen LogP contribution in [0.3, 0.4) is 0 Å². The topological polar surface area (TPSA) is 24.4 Å². The third-order valence-electron chi connectivity index (χ3n) is 5.67. The third-order valence-corrected chi connectivity index (χ3v) is 7.42. The van der Waals surface area contributed by atoms with Gasteiger partial charge in [-0.1, -0.05) is 93.6 Å². The van der Waals surface area contributed by atoms with E-state index in [-0.39, 0.29) is 12.1 Å². The van der Waals surface area contributed by atoms with Crippen LogP contribution < -0.4 is 5.32 Å². The Morgan fingerprint density at radius 1 is 0.641 bits per heavy atom. The maximum Gasteiger partial charge on any atom is 0.129 e. The summed E-state index contributed by atoms with van der Waals surface area (Å²) < 4.78 is 0. The highest BCUT2D eigenvalue weighted by Gasteiger charge is 2.19. The van der Waals surface area contributed by atoms with E-state index in [1.54, 1.807) is 0 Å². The molecule has 0 unspecified atom stereocenters.